The van der Waals surface area contributed by atoms with E-state index in [4.69, 9.17) is 0 Å². The van der Waals surface area contributed by atoms with Crippen molar-refractivity contribution in [3.8, 4) is 0 Å². The molecule has 0 atom stereocenters. The van der Waals surface area contributed by atoms with Gasteiger partial charge in [-0.1, -0.05) is 6.92 Å². The molecule has 0 aromatic heterocycles. The van der Waals surface area contributed by atoms with Crippen LogP contribution >= 0.6 is 0 Å². The van der Waals surface area contributed by atoms with E-state index < -0.39 is 0 Å². The standard InChI is InChI=1S/C3H6O.C2H6S/c1-3(2)4;1-2-3/h4H,1H2,2H3;3H,2H2,1H3. The Morgan fingerprint density at radius 2 is 1.86 bits per heavy atom. The second-order valence-corrected chi connectivity index (χ2v) is 1.76. The van der Waals surface area contributed by atoms with Crippen LogP contribution in [-0.2, 0) is 12.6 Å². The highest BCUT2D eigenvalue weighted by Crippen LogP contribution is 1.57. The van der Waals surface area contributed by atoms with E-state index in [9.17, 15) is 5.11 Å². The van der Waals surface area contributed by atoms with E-state index in [0.717, 1.165) is 5.75 Å². The lowest BCUT2D eigenvalue weighted by atomic mass is 10.7. The Hall–Kier alpha value is -0.110. The van der Waals surface area contributed by atoms with E-state index in [0.29, 0.717) is 0 Å². The fraction of sp³-hybridized carbons (Fsp3) is 0.600. The summed E-state index contributed by atoms with van der Waals surface area (Å²) in [4.78, 5) is 0. The van der Waals surface area contributed by atoms with Crippen LogP contribution in [0.3, 0.4) is 0 Å². The Kier molecular flexibility index (Phi) is 13.3. The third-order valence-electron chi connectivity index (χ3n) is 0. The first-order valence-electron chi connectivity index (χ1n) is 2.12. The quantitative estimate of drug-likeness (QED) is 0.323. The van der Waals surface area contributed by atoms with Crippen molar-refractivity contribution < 1.29 is 5.11 Å². The van der Waals surface area contributed by atoms with Crippen LogP contribution in [0.5, 0.6) is 0 Å². The maximum Gasteiger partial charge on any atom is 0.100 e. The Morgan fingerprint density at radius 1 is 1.86 bits per heavy atom. The van der Waals surface area contributed by atoms with Crippen LogP contribution < -0.4 is 5.11 Å². The summed E-state index contributed by atoms with van der Waals surface area (Å²) in [6, 6.07) is 0. The summed E-state index contributed by atoms with van der Waals surface area (Å²) in [7, 11) is 0. The van der Waals surface area contributed by atoms with Gasteiger partial charge in [-0.3, -0.25) is 0 Å². The number of allylic oxidation sites excluding steroid dienone is 1. The highest BCUT2D eigenvalue weighted by Gasteiger charge is 1.45. The van der Waals surface area contributed by atoms with Gasteiger partial charge >= 0.3 is 0 Å². The molecular formula is C5H12OS. The molecule has 1 nitrogen and oxygen atoms in total. The smallest absolute Gasteiger partial charge is 0.100 e. The van der Waals surface area contributed by atoms with Crippen molar-refractivity contribution in [3.05, 3.63) is 12.3 Å². The Bertz CT molecular complexity index is 39.3. The monoisotopic (exact) mass is 120 g/mol. The van der Waals surface area contributed by atoms with Crippen molar-refractivity contribution in [2.45, 2.75) is 13.8 Å². The number of rotatable bonds is 0. The van der Waals surface area contributed by atoms with Gasteiger partial charge in [0.25, 0.3) is 0 Å². The third-order valence-corrected chi connectivity index (χ3v) is 0. The molecule has 0 radical (unpaired) electrons. The summed E-state index contributed by atoms with van der Waals surface area (Å²) in [5.41, 5.74) is 0. The van der Waals surface area contributed by atoms with Gasteiger partial charge in [-0.2, -0.15) is 0 Å². The molecule has 0 aromatic rings. The van der Waals surface area contributed by atoms with Gasteiger partial charge in [0.05, 0.1) is 0 Å². The molecule has 0 N–H and O–H groups in total. The van der Waals surface area contributed by atoms with Crippen molar-refractivity contribution in [2.24, 2.45) is 0 Å². The van der Waals surface area contributed by atoms with Gasteiger partial charge in [-0.05, 0) is 19.6 Å². The zero-order valence-corrected chi connectivity index (χ0v) is 5.82. The zero-order valence-electron chi connectivity index (χ0n) is 4.82. The van der Waals surface area contributed by atoms with Gasteiger partial charge in [-0.15, -0.1) is 12.3 Å². The minimum absolute atomic E-state index is 0.0833. The van der Waals surface area contributed by atoms with Crippen LogP contribution in [0.2, 0.25) is 0 Å². The predicted octanol–water partition coefficient (Wildman–Crippen LogP) is -0.102. The molecule has 0 amide bonds. The van der Waals surface area contributed by atoms with Crippen molar-refractivity contribution in [2.75, 3.05) is 5.75 Å². The molecule has 0 aliphatic heterocycles. The first-order valence-corrected chi connectivity index (χ1v) is 2.83. The first-order chi connectivity index (χ1) is 3.15. The van der Waals surface area contributed by atoms with Gasteiger partial charge in [0.2, 0.25) is 0 Å². The molecule has 44 valence electrons. The lowest BCUT2D eigenvalue weighted by Crippen LogP contribution is -1.92. The molecule has 0 aliphatic rings. The second kappa shape index (κ2) is 9.31. The Morgan fingerprint density at radius 3 is 1.86 bits per heavy atom. The van der Waals surface area contributed by atoms with Crippen molar-refractivity contribution in [3.63, 3.8) is 0 Å². The van der Waals surface area contributed by atoms with Crippen LogP contribution in [0.1, 0.15) is 13.8 Å². The summed E-state index contributed by atoms with van der Waals surface area (Å²) < 4.78 is 0. The summed E-state index contributed by atoms with van der Waals surface area (Å²) in [5, 5.41) is 9.33. The van der Waals surface area contributed by atoms with Crippen LogP contribution in [0.4, 0.5) is 0 Å². The van der Waals surface area contributed by atoms with Crippen LogP contribution in [0, 0.1) is 0 Å². The molecule has 0 bridgehead atoms. The largest absolute Gasteiger partial charge is 0.876 e. The van der Waals surface area contributed by atoms with Gasteiger partial charge in [0, 0.05) is 0 Å². The molecule has 0 fully saturated rings. The fourth-order valence-electron chi connectivity index (χ4n) is 0. The Balaban J connectivity index is 0. The van der Waals surface area contributed by atoms with Crippen LogP contribution in [-0.4, -0.2) is 5.75 Å². The van der Waals surface area contributed by atoms with Gasteiger partial charge in [0.1, 0.15) is 5.75 Å². The zero-order chi connectivity index (χ0) is 6.28. The third kappa shape index (κ3) is 7370. The lowest BCUT2D eigenvalue weighted by molar-refractivity contribution is -0.300. The van der Waals surface area contributed by atoms with Gasteiger partial charge < -0.3 is 5.11 Å². The predicted molar refractivity (Wildman–Crippen MR) is 35.5 cm³/mol. The number of hydrogen-bond acceptors (Lipinski definition) is 1. The maximum absolute atomic E-state index is 9.33. The van der Waals surface area contributed by atoms with Gasteiger partial charge in [0.15, 0.2) is 0 Å². The molecule has 0 spiro atoms. The maximum atomic E-state index is 9.33. The summed E-state index contributed by atoms with van der Waals surface area (Å²) in [6.45, 7) is 6.46. The van der Waals surface area contributed by atoms with Gasteiger partial charge in [-0.25, -0.2) is 0 Å². The van der Waals surface area contributed by atoms with E-state index in [1.165, 1.54) is 6.92 Å². The van der Waals surface area contributed by atoms with E-state index in [2.05, 4.69) is 19.2 Å². The fourth-order valence-corrected chi connectivity index (χ4v) is 0. The average molecular weight is 120 g/mol. The molecule has 0 aliphatic carbocycles. The van der Waals surface area contributed by atoms with E-state index in [1.54, 1.807) is 0 Å². The van der Waals surface area contributed by atoms with Crippen molar-refractivity contribution in [1.29, 1.82) is 0 Å². The SMILES string of the molecule is C=C(C)[O-].CC[SH2+]. The molecule has 0 heterocycles. The minimum Gasteiger partial charge on any atom is -0.876 e. The number of hydrogen-bond donors (Lipinski definition) is 0. The molecule has 0 unspecified atom stereocenters. The minimum atomic E-state index is -0.0833. The Labute approximate surface area is 50.5 Å². The van der Waals surface area contributed by atoms with Crippen molar-refractivity contribution >= 4 is 12.6 Å². The normalized spacial score (nSPS) is 6.14. The first kappa shape index (κ1) is 10.00. The topological polar surface area (TPSA) is 23.1 Å². The molecule has 2 heteroatoms. The summed E-state index contributed by atoms with van der Waals surface area (Å²) in [6.07, 6.45) is 0. The van der Waals surface area contributed by atoms with Crippen molar-refractivity contribution in [1.82, 2.24) is 0 Å². The highest BCUT2D eigenvalue weighted by molar-refractivity contribution is 7.58. The lowest BCUT2D eigenvalue weighted by Gasteiger charge is -1.92. The van der Waals surface area contributed by atoms with E-state index in [-0.39, 0.29) is 5.76 Å². The molecule has 0 rings (SSSR count). The summed E-state index contributed by atoms with van der Waals surface area (Å²) >= 11 is 3.18. The van der Waals surface area contributed by atoms with Crippen LogP contribution in [0.15, 0.2) is 12.3 Å². The molecule has 0 aromatic carbocycles. The second-order valence-electron chi connectivity index (χ2n) is 1.06. The summed E-state index contributed by atoms with van der Waals surface area (Å²) in [5.74, 6) is 0.972. The molecule has 7 heavy (non-hydrogen) atoms. The molecule has 0 saturated carbocycles. The van der Waals surface area contributed by atoms with E-state index in [1.807, 2.05) is 6.92 Å². The highest BCUT2D eigenvalue weighted by atomic mass is 32.1. The molecule has 0 saturated heterocycles. The average Bonchev–Trinajstić information content (AvgIpc) is 1.33. The van der Waals surface area contributed by atoms with Crippen LogP contribution in [0.25, 0.3) is 0 Å². The molecular weight excluding hydrogens is 108 g/mol. The van der Waals surface area contributed by atoms with E-state index >= 15 is 0 Å².